The van der Waals surface area contributed by atoms with Gasteiger partial charge in [0.05, 0.1) is 11.9 Å². The quantitative estimate of drug-likeness (QED) is 0.605. The summed E-state index contributed by atoms with van der Waals surface area (Å²) in [6, 6.07) is 14.7. The van der Waals surface area contributed by atoms with Crippen molar-refractivity contribution in [3.8, 4) is 11.3 Å². The maximum atomic E-state index is 13.5. The predicted octanol–water partition coefficient (Wildman–Crippen LogP) is 3.14. The first-order valence-electron chi connectivity index (χ1n) is 5.04. The first-order valence-corrected chi connectivity index (χ1v) is 5.04. The molecule has 78 valence electrons. The molecule has 0 aliphatic rings. The zero-order valence-electron chi connectivity index (χ0n) is 8.47. The third-order valence-corrected chi connectivity index (χ3v) is 2.57. The van der Waals surface area contributed by atoms with Crippen molar-refractivity contribution in [2.75, 3.05) is 0 Å². The van der Waals surface area contributed by atoms with Crippen LogP contribution in [0.5, 0.6) is 0 Å². The number of fused-ring (bicyclic) bond motifs is 1. The predicted molar refractivity (Wildman–Crippen MR) is 60.6 cm³/mol. The molecule has 3 heteroatoms. The molecule has 0 N–H and O–H groups in total. The van der Waals surface area contributed by atoms with Crippen LogP contribution in [0.2, 0.25) is 0 Å². The molecular weight excluding hydrogens is 203 g/mol. The van der Waals surface area contributed by atoms with Crippen LogP contribution in [0.25, 0.3) is 16.8 Å². The zero-order chi connectivity index (χ0) is 11.0. The first kappa shape index (κ1) is 9.09. The van der Waals surface area contributed by atoms with E-state index in [0.29, 0.717) is 5.52 Å². The molecule has 0 atom stereocenters. The summed E-state index contributed by atoms with van der Waals surface area (Å²) in [4.78, 5) is 0. The molecule has 2 heterocycles. The van der Waals surface area contributed by atoms with Crippen LogP contribution in [-0.4, -0.2) is 9.61 Å². The molecule has 2 aromatic heterocycles. The van der Waals surface area contributed by atoms with Crippen molar-refractivity contribution in [2.45, 2.75) is 0 Å². The first-order chi connectivity index (χ1) is 7.86. The average Bonchev–Trinajstić information content (AvgIpc) is 2.81. The van der Waals surface area contributed by atoms with Gasteiger partial charge in [-0.1, -0.05) is 30.3 Å². The monoisotopic (exact) mass is 212 g/mol. The number of pyridine rings is 1. The van der Waals surface area contributed by atoms with E-state index in [1.165, 1.54) is 6.07 Å². The number of benzene rings is 1. The second-order valence-electron chi connectivity index (χ2n) is 3.56. The fourth-order valence-electron chi connectivity index (χ4n) is 1.81. The fraction of sp³-hybridized carbons (Fsp3) is 0. The summed E-state index contributed by atoms with van der Waals surface area (Å²) in [6.45, 7) is 0. The van der Waals surface area contributed by atoms with Gasteiger partial charge in [-0.3, -0.25) is 0 Å². The Morgan fingerprint density at radius 3 is 2.56 bits per heavy atom. The molecule has 16 heavy (non-hydrogen) atoms. The van der Waals surface area contributed by atoms with Gasteiger partial charge in [0.25, 0.3) is 0 Å². The number of aromatic nitrogens is 2. The molecular formula is C13H9FN2. The Labute approximate surface area is 92.0 Å². The van der Waals surface area contributed by atoms with Gasteiger partial charge in [-0.05, 0) is 18.2 Å². The highest BCUT2D eigenvalue weighted by atomic mass is 19.1. The minimum Gasteiger partial charge on any atom is -0.230 e. The number of nitrogens with zero attached hydrogens (tertiary/aromatic N) is 2. The number of hydrogen-bond donors (Lipinski definition) is 0. The lowest BCUT2D eigenvalue weighted by Gasteiger charge is -2.05. The maximum Gasteiger partial charge on any atom is 0.149 e. The highest BCUT2D eigenvalue weighted by molar-refractivity contribution is 5.64. The van der Waals surface area contributed by atoms with Crippen LogP contribution in [0, 0.1) is 5.82 Å². The van der Waals surface area contributed by atoms with E-state index >= 15 is 0 Å². The Morgan fingerprint density at radius 2 is 1.75 bits per heavy atom. The highest BCUT2D eigenvalue weighted by Gasteiger charge is 2.07. The third kappa shape index (κ3) is 1.29. The van der Waals surface area contributed by atoms with E-state index in [1.54, 1.807) is 22.8 Å². The van der Waals surface area contributed by atoms with E-state index < -0.39 is 0 Å². The molecule has 0 saturated heterocycles. The standard InChI is InChI=1S/C13H9FN2/c14-11-6-7-12(10-4-2-1-3-5-10)16-13(11)8-9-15-16/h1-9H. The molecule has 3 rings (SSSR count). The molecule has 0 amide bonds. The van der Waals surface area contributed by atoms with E-state index in [9.17, 15) is 4.39 Å². The third-order valence-electron chi connectivity index (χ3n) is 2.57. The van der Waals surface area contributed by atoms with E-state index in [0.717, 1.165) is 11.3 Å². The largest absolute Gasteiger partial charge is 0.230 e. The Morgan fingerprint density at radius 1 is 0.938 bits per heavy atom. The van der Waals surface area contributed by atoms with E-state index in [4.69, 9.17) is 0 Å². The summed E-state index contributed by atoms with van der Waals surface area (Å²) in [5.41, 5.74) is 2.42. The van der Waals surface area contributed by atoms with Gasteiger partial charge in [0.2, 0.25) is 0 Å². The van der Waals surface area contributed by atoms with Gasteiger partial charge in [0.1, 0.15) is 11.3 Å². The topological polar surface area (TPSA) is 17.3 Å². The van der Waals surface area contributed by atoms with Crippen molar-refractivity contribution in [3.63, 3.8) is 0 Å². The molecule has 1 aromatic carbocycles. The summed E-state index contributed by atoms with van der Waals surface area (Å²) in [6.07, 6.45) is 1.60. The molecule has 0 radical (unpaired) electrons. The van der Waals surface area contributed by atoms with Gasteiger partial charge in [0, 0.05) is 5.56 Å². The minimum absolute atomic E-state index is 0.253. The van der Waals surface area contributed by atoms with Crippen LogP contribution < -0.4 is 0 Å². The van der Waals surface area contributed by atoms with Crippen molar-refractivity contribution >= 4 is 5.52 Å². The SMILES string of the molecule is Fc1ccc(-c2ccccc2)n2nccc12. The van der Waals surface area contributed by atoms with Crippen LogP contribution >= 0.6 is 0 Å². The average molecular weight is 212 g/mol. The molecule has 0 spiro atoms. The van der Waals surface area contributed by atoms with Crippen LogP contribution in [-0.2, 0) is 0 Å². The summed E-state index contributed by atoms with van der Waals surface area (Å²) in [5.74, 6) is -0.253. The zero-order valence-corrected chi connectivity index (χ0v) is 8.47. The molecule has 0 aliphatic heterocycles. The van der Waals surface area contributed by atoms with Crippen molar-refractivity contribution in [2.24, 2.45) is 0 Å². The van der Waals surface area contributed by atoms with Gasteiger partial charge in [-0.2, -0.15) is 5.10 Å². The number of hydrogen-bond acceptors (Lipinski definition) is 1. The van der Waals surface area contributed by atoms with Crippen molar-refractivity contribution in [3.05, 3.63) is 60.5 Å². The fourth-order valence-corrected chi connectivity index (χ4v) is 1.81. The Balaban J connectivity index is 2.33. The molecule has 0 saturated carbocycles. The Bertz CT molecular complexity index is 629. The lowest BCUT2D eigenvalue weighted by molar-refractivity contribution is 0.631. The second-order valence-corrected chi connectivity index (χ2v) is 3.56. The van der Waals surface area contributed by atoms with Crippen LogP contribution in [0.4, 0.5) is 4.39 Å². The summed E-state index contributed by atoms with van der Waals surface area (Å²) in [5, 5.41) is 4.13. The van der Waals surface area contributed by atoms with Crippen molar-refractivity contribution in [1.29, 1.82) is 0 Å². The molecule has 0 unspecified atom stereocenters. The molecule has 0 fully saturated rings. The van der Waals surface area contributed by atoms with Gasteiger partial charge >= 0.3 is 0 Å². The van der Waals surface area contributed by atoms with E-state index in [-0.39, 0.29) is 5.82 Å². The number of rotatable bonds is 1. The van der Waals surface area contributed by atoms with Gasteiger partial charge in [-0.25, -0.2) is 8.91 Å². The van der Waals surface area contributed by atoms with Gasteiger partial charge < -0.3 is 0 Å². The summed E-state index contributed by atoms with van der Waals surface area (Å²) >= 11 is 0. The Kier molecular flexibility index (Phi) is 1.96. The molecule has 3 aromatic rings. The van der Waals surface area contributed by atoms with Crippen molar-refractivity contribution in [1.82, 2.24) is 9.61 Å². The van der Waals surface area contributed by atoms with Gasteiger partial charge in [0.15, 0.2) is 0 Å². The minimum atomic E-state index is -0.253. The van der Waals surface area contributed by atoms with Gasteiger partial charge in [-0.15, -0.1) is 0 Å². The van der Waals surface area contributed by atoms with E-state index in [1.807, 2.05) is 30.3 Å². The van der Waals surface area contributed by atoms with Crippen LogP contribution in [0.1, 0.15) is 0 Å². The van der Waals surface area contributed by atoms with Crippen LogP contribution in [0.15, 0.2) is 54.7 Å². The molecule has 0 aliphatic carbocycles. The smallest absolute Gasteiger partial charge is 0.149 e. The highest BCUT2D eigenvalue weighted by Crippen LogP contribution is 2.21. The second kappa shape index (κ2) is 3.45. The summed E-state index contributed by atoms with van der Waals surface area (Å²) in [7, 11) is 0. The maximum absolute atomic E-state index is 13.5. The molecule has 2 nitrogen and oxygen atoms in total. The number of halogens is 1. The van der Waals surface area contributed by atoms with Crippen LogP contribution in [0.3, 0.4) is 0 Å². The summed E-state index contributed by atoms with van der Waals surface area (Å²) < 4.78 is 15.1. The normalized spacial score (nSPS) is 10.8. The van der Waals surface area contributed by atoms with Crippen molar-refractivity contribution < 1.29 is 4.39 Å². The lowest BCUT2D eigenvalue weighted by atomic mass is 10.1. The lowest BCUT2D eigenvalue weighted by Crippen LogP contribution is -1.95. The Hall–Kier alpha value is -2.16. The molecule has 0 bridgehead atoms. The van der Waals surface area contributed by atoms with E-state index in [2.05, 4.69) is 5.10 Å².